The molecule has 2 aromatic heterocycles. The van der Waals surface area contributed by atoms with Crippen LogP contribution in [0.3, 0.4) is 0 Å². The summed E-state index contributed by atoms with van der Waals surface area (Å²) >= 11 is 11.1. The lowest BCUT2D eigenvalue weighted by molar-refractivity contribution is 0.834. The summed E-state index contributed by atoms with van der Waals surface area (Å²) < 4.78 is 1.13. The van der Waals surface area contributed by atoms with Gasteiger partial charge in [-0.05, 0) is 34.5 Å². The molecule has 0 aliphatic rings. The maximum atomic E-state index is 5.98. The maximum Gasteiger partial charge on any atom is 0.134 e. The fourth-order valence-electron chi connectivity index (χ4n) is 1.52. The zero-order valence-corrected chi connectivity index (χ0v) is 13.1. The van der Waals surface area contributed by atoms with Gasteiger partial charge in [0.1, 0.15) is 16.8 Å². The van der Waals surface area contributed by atoms with Crippen molar-refractivity contribution in [1.82, 2.24) is 9.97 Å². The summed E-state index contributed by atoms with van der Waals surface area (Å²) in [7, 11) is 0. The minimum absolute atomic E-state index is 0.489. The van der Waals surface area contributed by atoms with E-state index in [-0.39, 0.29) is 0 Å². The van der Waals surface area contributed by atoms with Crippen LogP contribution in [0.5, 0.6) is 0 Å². The molecule has 0 bridgehead atoms. The molecule has 0 aliphatic heterocycles. The van der Waals surface area contributed by atoms with Crippen molar-refractivity contribution < 1.29 is 0 Å². The van der Waals surface area contributed by atoms with Crippen LogP contribution in [0.4, 0.5) is 5.82 Å². The molecule has 0 spiro atoms. The van der Waals surface area contributed by atoms with Crippen LogP contribution in [0, 0.1) is 0 Å². The molecule has 1 N–H and O–H groups in total. The van der Waals surface area contributed by atoms with Crippen molar-refractivity contribution in [3.8, 4) is 0 Å². The van der Waals surface area contributed by atoms with Crippen molar-refractivity contribution in [3.63, 3.8) is 0 Å². The highest BCUT2D eigenvalue weighted by atomic mass is 79.9. The summed E-state index contributed by atoms with van der Waals surface area (Å²) in [6.07, 6.45) is 1.86. The van der Waals surface area contributed by atoms with Gasteiger partial charge in [-0.3, -0.25) is 0 Å². The molecule has 2 aromatic rings. The number of nitrogens with one attached hydrogen (secondary N) is 1. The predicted molar refractivity (Wildman–Crippen MR) is 80.4 cm³/mol. The van der Waals surface area contributed by atoms with Crippen molar-refractivity contribution in [3.05, 3.63) is 37.8 Å². The summed E-state index contributed by atoms with van der Waals surface area (Å²) in [6, 6.07) is 5.87. The minimum atomic E-state index is 0.489. The molecule has 0 unspecified atom stereocenters. The smallest absolute Gasteiger partial charge is 0.134 e. The van der Waals surface area contributed by atoms with Gasteiger partial charge >= 0.3 is 0 Å². The van der Waals surface area contributed by atoms with E-state index in [4.69, 9.17) is 11.6 Å². The fourth-order valence-corrected chi connectivity index (χ4v) is 3.14. The van der Waals surface area contributed by atoms with Gasteiger partial charge in [0.25, 0.3) is 0 Å². The zero-order chi connectivity index (χ0) is 13.0. The van der Waals surface area contributed by atoms with Gasteiger partial charge in [0.05, 0.1) is 10.3 Å². The standard InChI is InChI=1S/C12H13BrClN3S/c1-2-3-11-16-10(14)6-12(17-11)15-7-8-4-5-9(13)18-8/h4-6H,2-3,7H2,1H3,(H,15,16,17). The van der Waals surface area contributed by atoms with E-state index in [0.717, 1.165) is 34.8 Å². The first-order valence-electron chi connectivity index (χ1n) is 5.69. The number of rotatable bonds is 5. The van der Waals surface area contributed by atoms with Crippen LogP contribution in [0.1, 0.15) is 24.0 Å². The van der Waals surface area contributed by atoms with E-state index >= 15 is 0 Å². The van der Waals surface area contributed by atoms with Crippen LogP contribution in [0.2, 0.25) is 5.15 Å². The maximum absolute atomic E-state index is 5.98. The molecule has 6 heteroatoms. The fraction of sp³-hybridized carbons (Fsp3) is 0.333. The number of aryl methyl sites for hydroxylation is 1. The highest BCUT2D eigenvalue weighted by Gasteiger charge is 2.03. The molecule has 0 aliphatic carbocycles. The molecular formula is C12H13BrClN3S. The highest BCUT2D eigenvalue weighted by molar-refractivity contribution is 9.11. The number of anilines is 1. The van der Waals surface area contributed by atoms with E-state index in [1.807, 2.05) is 6.07 Å². The summed E-state index contributed by atoms with van der Waals surface area (Å²) in [5, 5.41) is 3.76. The van der Waals surface area contributed by atoms with Crippen LogP contribution in [-0.2, 0) is 13.0 Å². The Morgan fingerprint density at radius 1 is 1.39 bits per heavy atom. The molecule has 0 aromatic carbocycles. The number of aromatic nitrogens is 2. The lowest BCUT2D eigenvalue weighted by atomic mass is 10.3. The molecule has 0 saturated heterocycles. The Balaban J connectivity index is 2.04. The van der Waals surface area contributed by atoms with Crippen LogP contribution in [0.25, 0.3) is 0 Å². The monoisotopic (exact) mass is 345 g/mol. The highest BCUT2D eigenvalue weighted by Crippen LogP contribution is 2.23. The van der Waals surface area contributed by atoms with Crippen LogP contribution in [-0.4, -0.2) is 9.97 Å². The normalized spacial score (nSPS) is 10.6. The Morgan fingerprint density at radius 3 is 2.89 bits per heavy atom. The predicted octanol–water partition coefficient (Wildman–Crippen LogP) is 4.52. The molecule has 2 heterocycles. The SMILES string of the molecule is CCCc1nc(Cl)cc(NCc2ccc(Br)s2)n1. The summed E-state index contributed by atoms with van der Waals surface area (Å²) in [5.41, 5.74) is 0. The van der Waals surface area contributed by atoms with E-state index in [9.17, 15) is 0 Å². The molecule has 18 heavy (non-hydrogen) atoms. The number of thiophene rings is 1. The van der Waals surface area contributed by atoms with Gasteiger partial charge in [-0.1, -0.05) is 18.5 Å². The Bertz CT molecular complexity index is 530. The Morgan fingerprint density at radius 2 is 2.22 bits per heavy atom. The minimum Gasteiger partial charge on any atom is -0.365 e. The molecule has 0 radical (unpaired) electrons. The van der Waals surface area contributed by atoms with Crippen molar-refractivity contribution in [2.45, 2.75) is 26.3 Å². The number of nitrogens with zero attached hydrogens (tertiary/aromatic N) is 2. The number of hydrogen-bond donors (Lipinski definition) is 1. The number of halogens is 2. The van der Waals surface area contributed by atoms with Gasteiger partial charge in [-0.25, -0.2) is 9.97 Å². The second-order valence-electron chi connectivity index (χ2n) is 3.80. The lowest BCUT2D eigenvalue weighted by Crippen LogP contribution is -2.03. The quantitative estimate of drug-likeness (QED) is 0.809. The average molecular weight is 347 g/mol. The summed E-state index contributed by atoms with van der Waals surface area (Å²) in [4.78, 5) is 9.87. The summed E-state index contributed by atoms with van der Waals surface area (Å²) in [5.74, 6) is 1.57. The van der Waals surface area contributed by atoms with E-state index in [1.165, 1.54) is 4.88 Å². The lowest BCUT2D eigenvalue weighted by Gasteiger charge is -2.06. The van der Waals surface area contributed by atoms with E-state index in [1.54, 1.807) is 17.4 Å². The Kier molecular flexibility index (Phi) is 4.97. The second kappa shape index (κ2) is 6.50. The molecule has 3 nitrogen and oxygen atoms in total. The average Bonchev–Trinajstić information content (AvgIpc) is 2.72. The van der Waals surface area contributed by atoms with Gasteiger partial charge in [0.15, 0.2) is 0 Å². The van der Waals surface area contributed by atoms with Crippen LogP contribution >= 0.6 is 38.9 Å². The first-order valence-corrected chi connectivity index (χ1v) is 7.67. The Hall–Kier alpha value is -0.650. The summed E-state index contributed by atoms with van der Waals surface area (Å²) in [6.45, 7) is 2.84. The van der Waals surface area contributed by atoms with Crippen molar-refractivity contribution in [2.75, 3.05) is 5.32 Å². The zero-order valence-electron chi connectivity index (χ0n) is 9.91. The first kappa shape index (κ1) is 13.8. The Labute approximate surface area is 124 Å². The van der Waals surface area contributed by atoms with Crippen molar-refractivity contribution >= 4 is 44.7 Å². The van der Waals surface area contributed by atoms with Crippen LogP contribution < -0.4 is 5.32 Å². The topological polar surface area (TPSA) is 37.8 Å². The van der Waals surface area contributed by atoms with E-state index in [0.29, 0.717) is 5.15 Å². The molecule has 0 saturated carbocycles. The molecule has 96 valence electrons. The van der Waals surface area contributed by atoms with Crippen LogP contribution in [0.15, 0.2) is 22.0 Å². The van der Waals surface area contributed by atoms with Gasteiger partial charge in [-0.15, -0.1) is 11.3 Å². The van der Waals surface area contributed by atoms with Gasteiger partial charge in [-0.2, -0.15) is 0 Å². The van der Waals surface area contributed by atoms with Gasteiger partial charge in [0.2, 0.25) is 0 Å². The molecular weight excluding hydrogens is 334 g/mol. The third-order valence-electron chi connectivity index (χ3n) is 2.29. The molecule has 0 amide bonds. The van der Waals surface area contributed by atoms with Gasteiger partial charge in [0, 0.05) is 17.4 Å². The first-order chi connectivity index (χ1) is 8.67. The molecule has 0 atom stereocenters. The second-order valence-corrected chi connectivity index (χ2v) is 6.74. The third-order valence-corrected chi connectivity index (χ3v) is 4.10. The van der Waals surface area contributed by atoms with Gasteiger partial charge < -0.3 is 5.32 Å². The largest absolute Gasteiger partial charge is 0.365 e. The van der Waals surface area contributed by atoms with E-state index < -0.39 is 0 Å². The third kappa shape index (κ3) is 3.93. The molecule has 0 fully saturated rings. The molecule has 2 rings (SSSR count). The van der Waals surface area contributed by atoms with E-state index in [2.05, 4.69) is 44.2 Å². The number of hydrogen-bond acceptors (Lipinski definition) is 4. The van der Waals surface area contributed by atoms with Crippen molar-refractivity contribution in [1.29, 1.82) is 0 Å². The van der Waals surface area contributed by atoms with Crippen molar-refractivity contribution in [2.24, 2.45) is 0 Å².